The Bertz CT molecular complexity index is 233. The second kappa shape index (κ2) is 4.51. The number of hydrogen-bond acceptors (Lipinski definition) is 0. The fraction of sp³-hybridized carbons (Fsp3) is 0.455. The van der Waals surface area contributed by atoms with E-state index in [9.17, 15) is 0 Å². The Labute approximate surface area is 80.5 Å². The van der Waals surface area contributed by atoms with E-state index in [4.69, 9.17) is 0 Å². The molecule has 1 heteroatoms. The van der Waals surface area contributed by atoms with Crippen LogP contribution in [-0.2, 0) is 0 Å². The van der Waals surface area contributed by atoms with E-state index in [1.807, 2.05) is 0 Å². The molecule has 2 aliphatic carbocycles. The molecule has 0 bridgehead atoms. The van der Waals surface area contributed by atoms with Crippen molar-refractivity contribution in [3.8, 4) is 0 Å². The molecule has 0 aromatic rings. The normalized spacial score (nSPS) is 21.3. The molecule has 0 radical (unpaired) electrons. The third-order valence-electron chi connectivity index (χ3n) is 2.54. The van der Waals surface area contributed by atoms with Crippen LogP contribution in [0, 0.1) is 0 Å². The van der Waals surface area contributed by atoms with Gasteiger partial charge in [-0.1, -0.05) is 29.9 Å². The molecule has 2 aliphatic rings. The van der Waals surface area contributed by atoms with Crippen LogP contribution in [0.2, 0.25) is 0 Å². The Morgan fingerprint density at radius 2 is 1.83 bits per heavy atom. The largest absolute Gasteiger partial charge is 0.147 e. The average Bonchev–Trinajstić information content (AvgIpc) is 2.28. The highest BCUT2D eigenvalue weighted by Crippen LogP contribution is 2.29. The molecule has 0 fully saturated rings. The molecule has 0 aromatic carbocycles. The van der Waals surface area contributed by atoms with Gasteiger partial charge in [0.2, 0.25) is 0 Å². The predicted molar refractivity (Wildman–Crippen MR) is 55.6 cm³/mol. The van der Waals surface area contributed by atoms with E-state index in [1.54, 1.807) is 11.1 Å². The van der Waals surface area contributed by atoms with Gasteiger partial charge >= 0.3 is 0 Å². The summed E-state index contributed by atoms with van der Waals surface area (Å²) < 4.78 is 0. The quantitative estimate of drug-likeness (QED) is 0.535. The maximum atomic E-state index is 2.29. The van der Waals surface area contributed by atoms with Crippen molar-refractivity contribution in [2.75, 3.05) is 0 Å². The van der Waals surface area contributed by atoms with Crippen molar-refractivity contribution >= 4 is 12.4 Å². The van der Waals surface area contributed by atoms with Gasteiger partial charge in [0, 0.05) is 0 Å². The summed E-state index contributed by atoms with van der Waals surface area (Å²) in [5.41, 5.74) is 3.29. The summed E-state index contributed by atoms with van der Waals surface area (Å²) in [6, 6.07) is 0. The molecule has 0 nitrogen and oxygen atoms in total. The molecule has 0 unspecified atom stereocenters. The minimum Gasteiger partial charge on any atom is -0.147 e. The highest BCUT2D eigenvalue weighted by molar-refractivity contribution is 5.85. The van der Waals surface area contributed by atoms with Crippen LogP contribution in [0.4, 0.5) is 0 Å². The molecule has 0 atom stereocenters. The molecule has 0 N–H and O–H groups in total. The Morgan fingerprint density at radius 1 is 1.00 bits per heavy atom. The molecule has 0 amide bonds. The monoisotopic (exact) mass is 182 g/mol. The van der Waals surface area contributed by atoms with Gasteiger partial charge in [-0.3, -0.25) is 0 Å². The summed E-state index contributed by atoms with van der Waals surface area (Å²) in [6.45, 7) is 0. The van der Waals surface area contributed by atoms with Crippen LogP contribution >= 0.6 is 12.4 Å². The van der Waals surface area contributed by atoms with Gasteiger partial charge in [0.05, 0.1) is 0 Å². The molecule has 2 rings (SSSR count). The standard InChI is InChI=1S/C11H14.ClH/c1-2-6-10-8-4-5-9-11(10)7-3-1;/h1-3,6H,4-5,7-9H2;1H. The highest BCUT2D eigenvalue weighted by atomic mass is 35.5. The van der Waals surface area contributed by atoms with Gasteiger partial charge in [0.1, 0.15) is 0 Å². The summed E-state index contributed by atoms with van der Waals surface area (Å²) in [4.78, 5) is 0. The van der Waals surface area contributed by atoms with Gasteiger partial charge in [-0.05, 0) is 37.7 Å². The highest BCUT2D eigenvalue weighted by Gasteiger charge is 2.09. The van der Waals surface area contributed by atoms with Crippen LogP contribution in [0.5, 0.6) is 0 Å². The van der Waals surface area contributed by atoms with Gasteiger partial charge in [-0.25, -0.2) is 0 Å². The fourth-order valence-electron chi connectivity index (χ4n) is 1.89. The molecule has 0 saturated heterocycles. The minimum atomic E-state index is 0. The lowest BCUT2D eigenvalue weighted by Crippen LogP contribution is -1.96. The van der Waals surface area contributed by atoms with Crippen molar-refractivity contribution < 1.29 is 0 Å². The second-order valence-corrected chi connectivity index (χ2v) is 3.33. The van der Waals surface area contributed by atoms with Gasteiger partial charge in [0.25, 0.3) is 0 Å². The van der Waals surface area contributed by atoms with E-state index >= 15 is 0 Å². The van der Waals surface area contributed by atoms with Gasteiger partial charge < -0.3 is 0 Å². The Kier molecular flexibility index (Phi) is 3.61. The Hall–Kier alpha value is -0.490. The first-order valence-corrected chi connectivity index (χ1v) is 4.51. The zero-order valence-corrected chi connectivity index (χ0v) is 8.07. The van der Waals surface area contributed by atoms with Crippen molar-refractivity contribution in [3.05, 3.63) is 35.5 Å². The number of rotatable bonds is 0. The van der Waals surface area contributed by atoms with Crippen LogP contribution < -0.4 is 0 Å². The van der Waals surface area contributed by atoms with Crippen LogP contribution in [0.1, 0.15) is 32.1 Å². The van der Waals surface area contributed by atoms with Crippen LogP contribution in [-0.4, -0.2) is 0 Å². The third-order valence-corrected chi connectivity index (χ3v) is 2.54. The molecule has 0 saturated carbocycles. The fourth-order valence-corrected chi connectivity index (χ4v) is 1.89. The summed E-state index contributed by atoms with van der Waals surface area (Å²) >= 11 is 0. The first-order chi connectivity index (χ1) is 5.47. The SMILES string of the molecule is C1=CCC2=C(C=C1)CCCC2.Cl. The van der Waals surface area contributed by atoms with Crippen LogP contribution in [0.25, 0.3) is 0 Å². The summed E-state index contributed by atoms with van der Waals surface area (Å²) in [5, 5.41) is 0. The zero-order valence-electron chi connectivity index (χ0n) is 7.25. The maximum Gasteiger partial charge on any atom is -0.0130 e. The van der Waals surface area contributed by atoms with E-state index < -0.39 is 0 Å². The zero-order chi connectivity index (χ0) is 7.52. The lowest BCUT2D eigenvalue weighted by atomic mass is 9.90. The van der Waals surface area contributed by atoms with Gasteiger partial charge in [-0.2, -0.15) is 0 Å². The number of allylic oxidation sites excluding steroid dienone is 6. The van der Waals surface area contributed by atoms with E-state index in [0.717, 1.165) is 0 Å². The molecular weight excluding hydrogens is 168 g/mol. The second-order valence-electron chi connectivity index (χ2n) is 3.33. The minimum absolute atomic E-state index is 0. The molecule has 66 valence electrons. The molecule has 0 spiro atoms. The van der Waals surface area contributed by atoms with E-state index in [0.29, 0.717) is 0 Å². The first kappa shape index (κ1) is 9.60. The molecule has 0 aliphatic heterocycles. The van der Waals surface area contributed by atoms with Crippen molar-refractivity contribution in [2.24, 2.45) is 0 Å². The lowest BCUT2D eigenvalue weighted by molar-refractivity contribution is 0.673. The Morgan fingerprint density at radius 3 is 2.75 bits per heavy atom. The summed E-state index contributed by atoms with van der Waals surface area (Å²) in [5.74, 6) is 0. The first-order valence-electron chi connectivity index (χ1n) is 4.51. The molecule has 0 aromatic heterocycles. The Balaban J connectivity index is 0.000000720. The van der Waals surface area contributed by atoms with E-state index in [2.05, 4.69) is 24.3 Å². The number of hydrogen-bond donors (Lipinski definition) is 0. The number of halogens is 1. The lowest BCUT2D eigenvalue weighted by Gasteiger charge is -2.15. The molecule has 0 heterocycles. The average molecular weight is 183 g/mol. The molecule has 12 heavy (non-hydrogen) atoms. The topological polar surface area (TPSA) is 0 Å². The van der Waals surface area contributed by atoms with Crippen molar-refractivity contribution in [3.63, 3.8) is 0 Å². The predicted octanol–water partition coefficient (Wildman–Crippen LogP) is 3.79. The van der Waals surface area contributed by atoms with Gasteiger partial charge in [0.15, 0.2) is 0 Å². The smallest absolute Gasteiger partial charge is 0.0130 e. The third kappa shape index (κ3) is 2.01. The van der Waals surface area contributed by atoms with E-state index in [-0.39, 0.29) is 12.4 Å². The van der Waals surface area contributed by atoms with E-state index in [1.165, 1.54) is 32.1 Å². The van der Waals surface area contributed by atoms with Crippen molar-refractivity contribution in [1.29, 1.82) is 0 Å². The van der Waals surface area contributed by atoms with Gasteiger partial charge in [-0.15, -0.1) is 12.4 Å². The maximum absolute atomic E-state index is 2.29. The summed E-state index contributed by atoms with van der Waals surface area (Å²) in [7, 11) is 0. The molecular formula is C11H15Cl. The summed E-state index contributed by atoms with van der Waals surface area (Å²) in [6.07, 6.45) is 15.5. The van der Waals surface area contributed by atoms with Crippen molar-refractivity contribution in [1.82, 2.24) is 0 Å². The van der Waals surface area contributed by atoms with Crippen LogP contribution in [0.3, 0.4) is 0 Å². The van der Waals surface area contributed by atoms with Crippen LogP contribution in [0.15, 0.2) is 35.5 Å². The van der Waals surface area contributed by atoms with Crippen molar-refractivity contribution in [2.45, 2.75) is 32.1 Å².